The van der Waals surface area contributed by atoms with Crippen LogP contribution in [0.2, 0.25) is 0 Å². The average molecular weight is 370 g/mol. The van der Waals surface area contributed by atoms with Crippen molar-refractivity contribution in [1.82, 2.24) is 0 Å². The second-order valence-corrected chi connectivity index (χ2v) is 7.17. The Morgan fingerprint density at radius 1 is 1.42 bits per heavy atom. The number of ether oxygens (including phenoxy) is 1. The minimum Gasteiger partial charge on any atom is -0.449 e. The van der Waals surface area contributed by atoms with Gasteiger partial charge in [-0.2, -0.15) is 5.26 Å². The Bertz CT molecular complexity index is 897. The number of thiophene rings is 1. The maximum Gasteiger partial charge on any atom is 0.338 e. The molecule has 0 spiro atoms. The molecule has 26 heavy (non-hydrogen) atoms. The Balaban J connectivity index is 1.67. The van der Waals surface area contributed by atoms with Crippen LogP contribution in [-0.4, -0.2) is 23.1 Å². The summed E-state index contributed by atoms with van der Waals surface area (Å²) >= 11 is 1.42. The first-order valence-electron chi connectivity index (χ1n) is 8.29. The summed E-state index contributed by atoms with van der Waals surface area (Å²) in [5.74, 6) is -1.12. The molecule has 1 aliphatic rings. The summed E-state index contributed by atoms with van der Waals surface area (Å²) in [5, 5.41) is 21.7. The maximum atomic E-state index is 12.4. The molecule has 1 amide bonds. The molecule has 0 unspecified atom stereocenters. The van der Waals surface area contributed by atoms with E-state index in [-0.39, 0.29) is 12.2 Å². The molecule has 1 aliphatic carbocycles. The van der Waals surface area contributed by atoms with Crippen LogP contribution in [0.1, 0.15) is 45.3 Å². The molecular formula is C19H18N2O4S. The van der Waals surface area contributed by atoms with Crippen LogP contribution >= 0.6 is 11.3 Å². The molecule has 1 aromatic carbocycles. The Hall–Kier alpha value is -2.69. The lowest BCUT2D eigenvalue weighted by Crippen LogP contribution is -2.30. The molecule has 0 radical (unpaired) electrons. The van der Waals surface area contributed by atoms with E-state index in [2.05, 4.69) is 11.4 Å². The molecule has 2 N–H and O–H groups in total. The molecule has 0 saturated heterocycles. The van der Waals surface area contributed by atoms with Crippen LogP contribution in [0.4, 0.5) is 5.00 Å². The number of aryl methyl sites for hydroxylation is 1. The average Bonchev–Trinajstić information content (AvgIpc) is 3.22. The van der Waals surface area contributed by atoms with Gasteiger partial charge in [0.2, 0.25) is 0 Å². The van der Waals surface area contributed by atoms with Gasteiger partial charge in [0.05, 0.1) is 17.7 Å². The number of hydrogen-bond acceptors (Lipinski definition) is 6. The van der Waals surface area contributed by atoms with Crippen molar-refractivity contribution in [2.24, 2.45) is 0 Å². The molecule has 0 fully saturated rings. The molecule has 0 bridgehead atoms. The van der Waals surface area contributed by atoms with E-state index >= 15 is 0 Å². The van der Waals surface area contributed by atoms with E-state index in [4.69, 9.17) is 9.84 Å². The van der Waals surface area contributed by atoms with Crippen molar-refractivity contribution in [2.75, 3.05) is 5.32 Å². The Kier molecular flexibility index (Phi) is 5.35. The normalized spacial score (nSPS) is 13.6. The van der Waals surface area contributed by atoms with Gasteiger partial charge in [-0.15, -0.1) is 11.3 Å². The number of benzene rings is 1. The van der Waals surface area contributed by atoms with Crippen LogP contribution in [0.3, 0.4) is 0 Å². The second-order valence-electron chi connectivity index (χ2n) is 6.07. The van der Waals surface area contributed by atoms with Crippen molar-refractivity contribution in [3.05, 3.63) is 51.4 Å². The summed E-state index contributed by atoms with van der Waals surface area (Å²) in [6.45, 7) is 1.30. The van der Waals surface area contributed by atoms with Crippen LogP contribution in [0.5, 0.6) is 0 Å². The van der Waals surface area contributed by atoms with Gasteiger partial charge in [0.1, 0.15) is 11.1 Å². The van der Waals surface area contributed by atoms with Gasteiger partial charge in [0.25, 0.3) is 5.91 Å². The zero-order valence-electron chi connectivity index (χ0n) is 14.2. The van der Waals surface area contributed by atoms with Crippen molar-refractivity contribution in [1.29, 1.82) is 5.26 Å². The molecule has 1 heterocycles. The molecule has 0 aliphatic heterocycles. The van der Waals surface area contributed by atoms with Gasteiger partial charge in [-0.3, -0.25) is 4.79 Å². The van der Waals surface area contributed by atoms with Crippen LogP contribution in [0, 0.1) is 11.3 Å². The first-order chi connectivity index (χ1) is 12.5. The summed E-state index contributed by atoms with van der Waals surface area (Å²) in [6, 6.07) is 8.57. The number of rotatable bonds is 5. The van der Waals surface area contributed by atoms with Crippen molar-refractivity contribution in [3.63, 3.8) is 0 Å². The van der Waals surface area contributed by atoms with Crippen LogP contribution in [0.15, 0.2) is 24.3 Å². The molecule has 1 atom stereocenters. The number of anilines is 1. The maximum absolute atomic E-state index is 12.4. The summed E-state index contributed by atoms with van der Waals surface area (Å²) in [6.07, 6.45) is 1.81. The summed E-state index contributed by atoms with van der Waals surface area (Å²) in [4.78, 5) is 25.7. The van der Waals surface area contributed by atoms with Gasteiger partial charge in [0, 0.05) is 4.88 Å². The van der Waals surface area contributed by atoms with E-state index in [0.717, 1.165) is 29.7 Å². The van der Waals surface area contributed by atoms with Gasteiger partial charge < -0.3 is 15.2 Å². The minimum atomic E-state index is -1.01. The van der Waals surface area contributed by atoms with Crippen LogP contribution in [-0.2, 0) is 29.0 Å². The third-order valence-electron chi connectivity index (χ3n) is 4.27. The summed E-state index contributed by atoms with van der Waals surface area (Å²) < 4.78 is 5.21. The quantitative estimate of drug-likeness (QED) is 0.789. The molecule has 0 saturated carbocycles. The Morgan fingerprint density at radius 3 is 2.96 bits per heavy atom. The highest BCUT2D eigenvalue weighted by Crippen LogP contribution is 2.38. The predicted molar refractivity (Wildman–Crippen MR) is 96.9 cm³/mol. The van der Waals surface area contributed by atoms with E-state index in [0.29, 0.717) is 16.1 Å². The van der Waals surface area contributed by atoms with Gasteiger partial charge in [-0.1, -0.05) is 12.1 Å². The van der Waals surface area contributed by atoms with Crippen molar-refractivity contribution in [2.45, 2.75) is 38.9 Å². The molecule has 1 aromatic heterocycles. The number of carbonyl (C=O) groups is 2. The highest BCUT2D eigenvalue weighted by atomic mass is 32.1. The SMILES string of the molecule is C[C@H](OC(=O)c1cccc(CO)c1)C(=O)Nc1sc2c(c1C#N)CCC2. The highest BCUT2D eigenvalue weighted by Gasteiger charge is 2.25. The fourth-order valence-electron chi connectivity index (χ4n) is 2.90. The third kappa shape index (κ3) is 3.62. The number of carbonyl (C=O) groups excluding carboxylic acids is 2. The summed E-state index contributed by atoms with van der Waals surface area (Å²) in [7, 11) is 0. The first kappa shape index (κ1) is 18.1. The largest absolute Gasteiger partial charge is 0.449 e. The smallest absolute Gasteiger partial charge is 0.338 e. The van der Waals surface area contributed by atoms with Crippen molar-refractivity contribution < 1.29 is 19.4 Å². The van der Waals surface area contributed by atoms with E-state index in [9.17, 15) is 14.9 Å². The number of fused-ring (bicyclic) bond motifs is 1. The topological polar surface area (TPSA) is 99.4 Å². The standard InChI is InChI=1S/C19H18N2O4S/c1-11(25-19(24)13-5-2-4-12(8-13)10-22)17(23)21-18-15(9-20)14-6-3-7-16(14)26-18/h2,4-5,8,11,22H,3,6-7,10H2,1H3,(H,21,23)/t11-/m0/s1. The van der Waals surface area contributed by atoms with Crippen molar-refractivity contribution >= 4 is 28.2 Å². The van der Waals surface area contributed by atoms with Crippen LogP contribution in [0.25, 0.3) is 0 Å². The summed E-state index contributed by atoms with van der Waals surface area (Å²) in [5.41, 5.74) is 2.40. The highest BCUT2D eigenvalue weighted by molar-refractivity contribution is 7.16. The number of aliphatic hydroxyl groups excluding tert-OH is 1. The number of esters is 1. The van der Waals surface area contributed by atoms with Gasteiger partial charge >= 0.3 is 5.97 Å². The zero-order chi connectivity index (χ0) is 18.7. The zero-order valence-corrected chi connectivity index (χ0v) is 15.1. The third-order valence-corrected chi connectivity index (χ3v) is 5.48. The molecule has 3 rings (SSSR count). The fraction of sp³-hybridized carbons (Fsp3) is 0.316. The second kappa shape index (κ2) is 7.68. The number of nitriles is 1. The van der Waals surface area contributed by atoms with E-state index in [1.54, 1.807) is 18.2 Å². The Morgan fingerprint density at radius 2 is 2.23 bits per heavy atom. The lowest BCUT2D eigenvalue weighted by atomic mass is 10.1. The molecule has 7 heteroatoms. The number of nitrogens with one attached hydrogen (secondary N) is 1. The van der Waals surface area contributed by atoms with Crippen molar-refractivity contribution in [3.8, 4) is 6.07 Å². The lowest BCUT2D eigenvalue weighted by molar-refractivity contribution is -0.123. The predicted octanol–water partition coefficient (Wildman–Crippen LogP) is 2.78. The first-order valence-corrected chi connectivity index (χ1v) is 9.11. The number of aliphatic hydroxyl groups is 1. The van der Waals surface area contributed by atoms with E-state index in [1.807, 2.05) is 0 Å². The minimum absolute atomic E-state index is 0.183. The van der Waals surface area contributed by atoms with Crippen LogP contribution < -0.4 is 5.32 Å². The van der Waals surface area contributed by atoms with E-state index in [1.165, 1.54) is 24.3 Å². The molecule has 2 aromatic rings. The van der Waals surface area contributed by atoms with Gasteiger partial charge in [-0.25, -0.2) is 4.79 Å². The van der Waals surface area contributed by atoms with Gasteiger partial charge in [-0.05, 0) is 49.4 Å². The van der Waals surface area contributed by atoms with Gasteiger partial charge in [0.15, 0.2) is 6.10 Å². The molecular weight excluding hydrogens is 352 g/mol. The number of hydrogen-bond donors (Lipinski definition) is 2. The molecule has 134 valence electrons. The monoisotopic (exact) mass is 370 g/mol. The number of amides is 1. The lowest BCUT2D eigenvalue weighted by Gasteiger charge is -2.13. The molecule has 6 nitrogen and oxygen atoms in total. The Labute approximate surface area is 155 Å². The number of nitrogens with zero attached hydrogens (tertiary/aromatic N) is 1. The van der Waals surface area contributed by atoms with E-state index < -0.39 is 18.0 Å². The fourth-order valence-corrected chi connectivity index (χ4v) is 4.15.